The summed E-state index contributed by atoms with van der Waals surface area (Å²) in [4.78, 5) is 59.4. The molecule has 5 aromatic rings. The van der Waals surface area contributed by atoms with Crippen molar-refractivity contribution >= 4 is 50.6 Å². The normalized spacial score (nSPS) is 15.6. The number of aromatic nitrogens is 4. The van der Waals surface area contributed by atoms with Crippen molar-refractivity contribution in [2.75, 3.05) is 23.3 Å². The summed E-state index contributed by atoms with van der Waals surface area (Å²) < 4.78 is 24.1. The van der Waals surface area contributed by atoms with Crippen LogP contribution in [0.25, 0.3) is 26.9 Å². The Bertz CT molecular complexity index is 2350. The van der Waals surface area contributed by atoms with Crippen LogP contribution in [-0.2, 0) is 40.8 Å². The Hall–Kier alpha value is -5.63. The summed E-state index contributed by atoms with van der Waals surface area (Å²) in [5.41, 5.74) is 1.82. The number of hydrogen-bond acceptors (Lipinski definition) is 10. The number of rotatable bonds is 9. The van der Waals surface area contributed by atoms with Crippen LogP contribution in [-0.4, -0.2) is 50.3 Å². The Morgan fingerprint density at radius 1 is 1.13 bits per heavy atom. The summed E-state index contributed by atoms with van der Waals surface area (Å²) >= 11 is 1.46. The van der Waals surface area contributed by atoms with Gasteiger partial charge in [-0.05, 0) is 80.0 Å². The van der Waals surface area contributed by atoms with Gasteiger partial charge >= 0.3 is 5.97 Å². The van der Waals surface area contributed by atoms with E-state index in [1.54, 1.807) is 31.6 Å². The lowest BCUT2D eigenvalue weighted by atomic mass is 9.97. The number of benzene rings is 1. The molecule has 2 N–H and O–H groups in total. The van der Waals surface area contributed by atoms with Gasteiger partial charge < -0.3 is 24.8 Å². The van der Waals surface area contributed by atoms with Crippen molar-refractivity contribution in [3.63, 3.8) is 0 Å². The number of halogens is 1. The molecule has 5 heterocycles. The average molecular weight is 724 g/mol. The van der Waals surface area contributed by atoms with Crippen LogP contribution in [0.4, 0.5) is 21.7 Å². The summed E-state index contributed by atoms with van der Waals surface area (Å²) in [5.74, 6) is -0.336. The summed E-state index contributed by atoms with van der Waals surface area (Å²) in [7, 11) is 1.58. The number of thiophene rings is 1. The van der Waals surface area contributed by atoms with Gasteiger partial charge in [0, 0.05) is 66.8 Å². The van der Waals surface area contributed by atoms with Crippen LogP contribution >= 0.6 is 11.3 Å². The fraction of sp³-hybridized carbons (Fsp3) is 0.316. The lowest BCUT2D eigenvalue weighted by molar-refractivity contribution is -0.142. The minimum absolute atomic E-state index is 0.0532. The zero-order valence-electron chi connectivity index (χ0n) is 28.9. The first kappa shape index (κ1) is 34.8. The molecule has 52 heavy (non-hydrogen) atoms. The van der Waals surface area contributed by atoms with Gasteiger partial charge in [0.2, 0.25) is 5.91 Å². The number of hydrogen-bond donors (Lipinski definition) is 2. The molecule has 0 bridgehead atoms. The second-order valence-electron chi connectivity index (χ2n) is 13.1. The third-order valence-corrected chi connectivity index (χ3v) is 10.8. The van der Waals surface area contributed by atoms with Crippen molar-refractivity contribution in [3.05, 3.63) is 104 Å². The van der Waals surface area contributed by atoms with Crippen LogP contribution in [0.2, 0.25) is 0 Å². The summed E-state index contributed by atoms with van der Waals surface area (Å²) in [6, 6.07) is 9.46. The van der Waals surface area contributed by atoms with Gasteiger partial charge in [-0.2, -0.15) is 9.78 Å². The summed E-state index contributed by atoms with van der Waals surface area (Å²) in [6.07, 6.45) is 10.1. The number of fused-ring (bicyclic) bond motifs is 3. The SMILES string of the molecule is C=CC(=O)N[C@H]1CCCN(c2cccc(Nc3cc(-c4cc(F)cc(-n5ncc6c7c(sc6c5=O)CCCC7)c4COC(C)=O)cn(C)c3=O)n2)C1. The van der Waals surface area contributed by atoms with Gasteiger partial charge in [0.15, 0.2) is 0 Å². The van der Waals surface area contributed by atoms with E-state index >= 15 is 4.39 Å². The number of esters is 1. The second kappa shape index (κ2) is 14.5. The Kier molecular flexibility index (Phi) is 9.73. The molecule has 7 rings (SSSR count). The number of ether oxygens (including phenoxy) is 1. The predicted molar refractivity (Wildman–Crippen MR) is 199 cm³/mol. The number of carbonyl (C=O) groups excluding carboxylic acids is 2. The van der Waals surface area contributed by atoms with Crippen LogP contribution in [0.1, 0.15) is 48.6 Å². The highest BCUT2D eigenvalue weighted by atomic mass is 32.1. The number of aryl methyl sites for hydroxylation is 3. The zero-order valence-corrected chi connectivity index (χ0v) is 29.7. The molecule has 1 amide bonds. The fourth-order valence-corrected chi connectivity index (χ4v) is 8.32. The zero-order chi connectivity index (χ0) is 36.5. The van der Waals surface area contributed by atoms with Gasteiger partial charge in [0.25, 0.3) is 11.1 Å². The molecule has 4 aromatic heterocycles. The number of pyridine rings is 2. The quantitative estimate of drug-likeness (QED) is 0.153. The number of carbonyl (C=O) groups is 2. The molecule has 1 fully saturated rings. The molecule has 1 atom stereocenters. The van der Waals surface area contributed by atoms with Gasteiger partial charge in [0.05, 0.1) is 11.9 Å². The Balaban J connectivity index is 1.27. The Morgan fingerprint density at radius 3 is 2.77 bits per heavy atom. The summed E-state index contributed by atoms with van der Waals surface area (Å²) in [6.45, 7) is 5.85. The topological polar surface area (TPSA) is 140 Å². The van der Waals surface area contributed by atoms with E-state index in [0.717, 1.165) is 56.0 Å². The standard InChI is InChI=1S/C38H38FN7O5S/c1-4-35(48)41-25-9-8-14-45(20-25)34-13-7-12-33(43-34)42-30-15-23(19-44(3)37(30)49)27-16-24(39)17-31(29(27)21-51-22(2)47)46-38(50)36-28(18-40-46)26-10-5-6-11-32(26)52-36/h4,7,12-13,15-19,25H,1,5-6,8-11,14,20-21H2,2-3H3,(H,41,48)(H,42,43)/t25-/m0/s1. The largest absolute Gasteiger partial charge is 0.461 e. The van der Waals surface area contributed by atoms with Crippen molar-refractivity contribution in [2.24, 2.45) is 7.05 Å². The van der Waals surface area contributed by atoms with Crippen molar-refractivity contribution in [2.45, 2.75) is 58.1 Å². The molecule has 0 spiro atoms. The maximum atomic E-state index is 15.6. The van der Waals surface area contributed by atoms with Crippen molar-refractivity contribution in [3.8, 4) is 16.8 Å². The van der Waals surface area contributed by atoms with Gasteiger partial charge in [-0.15, -0.1) is 11.3 Å². The molecule has 268 valence electrons. The van der Waals surface area contributed by atoms with E-state index in [9.17, 15) is 19.2 Å². The molecule has 1 aliphatic carbocycles. The molecular formula is C38H38FN7O5S. The van der Waals surface area contributed by atoms with Gasteiger partial charge in [-0.1, -0.05) is 12.6 Å². The van der Waals surface area contributed by atoms with E-state index in [1.807, 2.05) is 12.1 Å². The molecule has 1 saturated heterocycles. The van der Waals surface area contributed by atoms with E-state index in [4.69, 9.17) is 9.72 Å². The number of nitrogens with one attached hydrogen (secondary N) is 2. The minimum Gasteiger partial charge on any atom is -0.461 e. The highest BCUT2D eigenvalue weighted by Crippen LogP contribution is 2.36. The lowest BCUT2D eigenvalue weighted by Crippen LogP contribution is -2.47. The van der Waals surface area contributed by atoms with Gasteiger partial charge in [-0.25, -0.2) is 9.37 Å². The van der Waals surface area contributed by atoms with E-state index in [2.05, 4.69) is 27.2 Å². The van der Waals surface area contributed by atoms with Crippen LogP contribution < -0.4 is 26.7 Å². The number of anilines is 3. The first-order valence-corrected chi connectivity index (χ1v) is 18.0. The highest BCUT2D eigenvalue weighted by molar-refractivity contribution is 7.19. The maximum absolute atomic E-state index is 15.6. The molecule has 1 aromatic carbocycles. The molecule has 14 heteroatoms. The van der Waals surface area contributed by atoms with Crippen molar-refractivity contribution < 1.29 is 18.7 Å². The first-order chi connectivity index (χ1) is 25.1. The summed E-state index contributed by atoms with van der Waals surface area (Å²) in [5, 5.41) is 11.4. The van der Waals surface area contributed by atoms with E-state index in [1.165, 1.54) is 50.6 Å². The van der Waals surface area contributed by atoms with E-state index in [-0.39, 0.29) is 41.0 Å². The van der Waals surface area contributed by atoms with Crippen LogP contribution in [0, 0.1) is 5.82 Å². The predicted octanol–water partition coefficient (Wildman–Crippen LogP) is 5.30. The van der Waals surface area contributed by atoms with Gasteiger partial charge in [-0.3, -0.25) is 19.2 Å². The molecule has 2 aliphatic rings. The maximum Gasteiger partial charge on any atom is 0.302 e. The third kappa shape index (κ3) is 6.98. The van der Waals surface area contributed by atoms with Crippen LogP contribution in [0.5, 0.6) is 0 Å². The first-order valence-electron chi connectivity index (χ1n) is 17.2. The second-order valence-corrected chi connectivity index (χ2v) is 14.2. The average Bonchev–Trinajstić information content (AvgIpc) is 3.52. The molecule has 0 unspecified atom stereocenters. The van der Waals surface area contributed by atoms with Gasteiger partial charge in [0.1, 0.15) is 34.4 Å². The van der Waals surface area contributed by atoms with Crippen molar-refractivity contribution in [1.82, 2.24) is 24.6 Å². The third-order valence-electron chi connectivity index (χ3n) is 9.51. The number of nitrogens with zero attached hydrogens (tertiary/aromatic N) is 5. The highest BCUT2D eigenvalue weighted by Gasteiger charge is 2.24. The Morgan fingerprint density at radius 2 is 1.96 bits per heavy atom. The van der Waals surface area contributed by atoms with Crippen LogP contribution in [0.3, 0.4) is 0 Å². The number of amides is 1. The van der Waals surface area contributed by atoms with Crippen LogP contribution in [0.15, 0.2) is 71.0 Å². The number of piperidine rings is 1. The Labute approximate surface area is 302 Å². The molecule has 12 nitrogen and oxygen atoms in total. The molecule has 0 radical (unpaired) electrons. The molecule has 1 aliphatic heterocycles. The molecule has 0 saturated carbocycles. The monoisotopic (exact) mass is 723 g/mol. The molecular weight excluding hydrogens is 686 g/mol. The lowest BCUT2D eigenvalue weighted by Gasteiger charge is -2.34. The fourth-order valence-electron chi connectivity index (χ4n) is 7.03. The van der Waals surface area contributed by atoms with Crippen molar-refractivity contribution in [1.29, 1.82) is 0 Å². The minimum atomic E-state index is -0.641. The van der Waals surface area contributed by atoms with E-state index in [0.29, 0.717) is 39.6 Å². The smallest absolute Gasteiger partial charge is 0.302 e. The van der Waals surface area contributed by atoms with E-state index < -0.39 is 11.8 Å².